The molecule has 1 aromatic rings. The van der Waals surface area contributed by atoms with Gasteiger partial charge in [0.2, 0.25) is 0 Å². The van der Waals surface area contributed by atoms with Gasteiger partial charge in [-0.3, -0.25) is 0 Å². The fraction of sp³-hybridized carbons (Fsp3) is 0.538. The average Bonchev–Trinajstić information content (AvgIpc) is 2.23. The Morgan fingerprint density at radius 3 is 2.80 bits per heavy atom. The smallest absolute Gasteiger partial charge is 0.122 e. The van der Waals surface area contributed by atoms with Crippen molar-refractivity contribution < 1.29 is 4.39 Å². The highest BCUT2D eigenvalue weighted by Gasteiger charge is 2.38. The third-order valence-corrected chi connectivity index (χ3v) is 3.46. The average molecular weight is 207 g/mol. The van der Waals surface area contributed by atoms with Gasteiger partial charge in [0.1, 0.15) is 6.17 Å². The van der Waals surface area contributed by atoms with Crippen LogP contribution >= 0.6 is 0 Å². The van der Waals surface area contributed by atoms with Crippen LogP contribution in [0.15, 0.2) is 24.3 Å². The molecule has 0 radical (unpaired) electrons. The molecule has 1 saturated heterocycles. The SMILES string of the molecule is Cc1ccccc1C1(C)NCCCC1F. The molecule has 0 bridgehead atoms. The lowest BCUT2D eigenvalue weighted by molar-refractivity contribution is 0.120. The van der Waals surface area contributed by atoms with Crippen LogP contribution in [0.1, 0.15) is 30.9 Å². The topological polar surface area (TPSA) is 12.0 Å². The number of halogens is 1. The van der Waals surface area contributed by atoms with Gasteiger partial charge in [0.05, 0.1) is 5.54 Å². The van der Waals surface area contributed by atoms with Gasteiger partial charge in [-0.2, -0.15) is 0 Å². The predicted molar refractivity (Wildman–Crippen MR) is 60.7 cm³/mol. The third-order valence-electron chi connectivity index (χ3n) is 3.46. The maximum atomic E-state index is 14.0. The number of aryl methyl sites for hydroxylation is 1. The number of rotatable bonds is 1. The molecule has 2 rings (SSSR count). The van der Waals surface area contributed by atoms with Crippen LogP contribution in [-0.2, 0) is 5.54 Å². The van der Waals surface area contributed by atoms with Crippen LogP contribution in [0.3, 0.4) is 0 Å². The van der Waals surface area contributed by atoms with Gasteiger partial charge in [0.15, 0.2) is 0 Å². The summed E-state index contributed by atoms with van der Waals surface area (Å²) in [4.78, 5) is 0. The van der Waals surface area contributed by atoms with Crippen molar-refractivity contribution in [1.29, 1.82) is 0 Å². The third kappa shape index (κ3) is 1.78. The lowest BCUT2D eigenvalue weighted by Crippen LogP contribution is -2.51. The number of hydrogen-bond donors (Lipinski definition) is 1. The van der Waals surface area contributed by atoms with Gasteiger partial charge < -0.3 is 5.32 Å². The summed E-state index contributed by atoms with van der Waals surface area (Å²) in [6.45, 7) is 4.92. The summed E-state index contributed by atoms with van der Waals surface area (Å²) in [5, 5.41) is 3.33. The summed E-state index contributed by atoms with van der Waals surface area (Å²) < 4.78 is 14.0. The highest BCUT2D eigenvalue weighted by atomic mass is 19.1. The van der Waals surface area contributed by atoms with Crippen molar-refractivity contribution in [2.24, 2.45) is 0 Å². The molecule has 15 heavy (non-hydrogen) atoms. The van der Waals surface area contributed by atoms with Gasteiger partial charge >= 0.3 is 0 Å². The lowest BCUT2D eigenvalue weighted by Gasteiger charge is -2.39. The van der Waals surface area contributed by atoms with Gasteiger partial charge in [-0.15, -0.1) is 0 Å². The van der Waals surface area contributed by atoms with Crippen LogP contribution < -0.4 is 5.32 Å². The molecule has 1 fully saturated rings. The Bertz CT molecular complexity index is 350. The van der Waals surface area contributed by atoms with Crippen LogP contribution in [0, 0.1) is 6.92 Å². The molecule has 0 saturated carbocycles. The number of nitrogens with one attached hydrogen (secondary N) is 1. The number of hydrogen-bond acceptors (Lipinski definition) is 1. The quantitative estimate of drug-likeness (QED) is 0.746. The van der Waals surface area contributed by atoms with E-state index in [4.69, 9.17) is 0 Å². The van der Waals surface area contributed by atoms with E-state index in [1.807, 2.05) is 38.1 Å². The van der Waals surface area contributed by atoms with Crippen molar-refractivity contribution >= 4 is 0 Å². The molecule has 1 N–H and O–H groups in total. The zero-order valence-electron chi connectivity index (χ0n) is 9.39. The molecule has 2 heteroatoms. The van der Waals surface area contributed by atoms with E-state index in [0.29, 0.717) is 6.42 Å². The first-order chi connectivity index (χ1) is 7.14. The van der Waals surface area contributed by atoms with Gasteiger partial charge in [-0.05, 0) is 44.4 Å². The Kier molecular flexibility index (Phi) is 2.79. The molecule has 0 amide bonds. The van der Waals surface area contributed by atoms with E-state index < -0.39 is 11.7 Å². The number of alkyl halides is 1. The van der Waals surface area contributed by atoms with Crippen LogP contribution in [0.25, 0.3) is 0 Å². The Labute approximate surface area is 90.7 Å². The van der Waals surface area contributed by atoms with Crippen molar-refractivity contribution in [3.05, 3.63) is 35.4 Å². The predicted octanol–water partition coefficient (Wildman–Crippen LogP) is 2.93. The fourth-order valence-corrected chi connectivity index (χ4v) is 2.45. The van der Waals surface area contributed by atoms with E-state index >= 15 is 0 Å². The van der Waals surface area contributed by atoms with E-state index in [9.17, 15) is 4.39 Å². The Hall–Kier alpha value is -0.890. The second-order valence-electron chi connectivity index (χ2n) is 4.55. The Morgan fingerprint density at radius 2 is 2.13 bits per heavy atom. The van der Waals surface area contributed by atoms with Crippen molar-refractivity contribution in [2.75, 3.05) is 6.54 Å². The minimum Gasteiger partial charge on any atom is -0.305 e. The summed E-state index contributed by atoms with van der Waals surface area (Å²) in [6, 6.07) is 8.05. The van der Waals surface area contributed by atoms with E-state index in [2.05, 4.69) is 5.32 Å². The Morgan fingerprint density at radius 1 is 1.40 bits per heavy atom. The molecule has 2 atom stereocenters. The minimum atomic E-state index is -0.785. The molecule has 1 heterocycles. The Balaban J connectivity index is 2.39. The monoisotopic (exact) mass is 207 g/mol. The minimum absolute atomic E-state index is 0.496. The molecule has 82 valence electrons. The zero-order valence-corrected chi connectivity index (χ0v) is 9.39. The first kappa shape index (κ1) is 10.6. The summed E-state index contributed by atoms with van der Waals surface area (Å²) in [7, 11) is 0. The summed E-state index contributed by atoms with van der Waals surface area (Å²) >= 11 is 0. The van der Waals surface area contributed by atoms with E-state index in [0.717, 1.165) is 24.1 Å². The van der Waals surface area contributed by atoms with Crippen LogP contribution in [0.2, 0.25) is 0 Å². The molecular formula is C13H18FN. The molecule has 0 aliphatic carbocycles. The molecule has 1 aliphatic heterocycles. The normalized spacial score (nSPS) is 31.5. The second kappa shape index (κ2) is 3.93. The molecule has 2 unspecified atom stereocenters. The maximum Gasteiger partial charge on any atom is 0.122 e. The molecule has 1 nitrogen and oxygen atoms in total. The standard InChI is InChI=1S/C13H18FN/c1-10-6-3-4-7-11(10)13(2)12(14)8-5-9-15-13/h3-4,6-7,12,15H,5,8-9H2,1-2H3. The molecule has 0 aromatic heterocycles. The van der Waals surface area contributed by atoms with Crippen molar-refractivity contribution in [3.8, 4) is 0 Å². The number of benzene rings is 1. The molecule has 1 aromatic carbocycles. The highest BCUT2D eigenvalue weighted by molar-refractivity contribution is 5.33. The summed E-state index contributed by atoms with van der Waals surface area (Å²) in [5.41, 5.74) is 1.76. The summed E-state index contributed by atoms with van der Waals surface area (Å²) in [6.07, 6.45) is 0.813. The van der Waals surface area contributed by atoms with Crippen molar-refractivity contribution in [2.45, 2.75) is 38.4 Å². The second-order valence-corrected chi connectivity index (χ2v) is 4.55. The van der Waals surface area contributed by atoms with Gasteiger partial charge in [-0.25, -0.2) is 4.39 Å². The zero-order chi connectivity index (χ0) is 10.9. The van der Waals surface area contributed by atoms with Gasteiger partial charge in [0, 0.05) is 0 Å². The van der Waals surface area contributed by atoms with Crippen LogP contribution in [0.5, 0.6) is 0 Å². The van der Waals surface area contributed by atoms with Crippen LogP contribution in [0.4, 0.5) is 4.39 Å². The lowest BCUT2D eigenvalue weighted by atomic mass is 9.80. The first-order valence-electron chi connectivity index (χ1n) is 5.60. The maximum absolute atomic E-state index is 14.0. The molecular weight excluding hydrogens is 189 g/mol. The summed E-state index contributed by atoms with van der Waals surface area (Å²) in [5.74, 6) is 0. The van der Waals surface area contributed by atoms with E-state index in [1.165, 1.54) is 0 Å². The molecule has 0 spiro atoms. The number of piperidine rings is 1. The van der Waals surface area contributed by atoms with E-state index in [1.54, 1.807) is 0 Å². The molecule has 1 aliphatic rings. The van der Waals surface area contributed by atoms with E-state index in [-0.39, 0.29) is 0 Å². The van der Waals surface area contributed by atoms with Crippen molar-refractivity contribution in [1.82, 2.24) is 5.32 Å². The van der Waals surface area contributed by atoms with Gasteiger partial charge in [0.25, 0.3) is 0 Å². The fourth-order valence-electron chi connectivity index (χ4n) is 2.45. The van der Waals surface area contributed by atoms with Crippen LogP contribution in [-0.4, -0.2) is 12.7 Å². The highest BCUT2D eigenvalue weighted by Crippen LogP contribution is 2.34. The van der Waals surface area contributed by atoms with Crippen molar-refractivity contribution in [3.63, 3.8) is 0 Å². The van der Waals surface area contributed by atoms with Gasteiger partial charge in [-0.1, -0.05) is 24.3 Å². The first-order valence-corrected chi connectivity index (χ1v) is 5.60. The largest absolute Gasteiger partial charge is 0.305 e.